The molecule has 0 aliphatic carbocycles. The topological polar surface area (TPSA) is 38.1 Å². The van der Waals surface area contributed by atoms with Crippen molar-refractivity contribution in [2.75, 3.05) is 6.54 Å². The number of nitrogens with one attached hydrogen (secondary N) is 1. The Hall–Kier alpha value is -0.830. The predicted octanol–water partition coefficient (Wildman–Crippen LogP) is 3.96. The Balaban J connectivity index is 2.53. The molecule has 0 aliphatic rings. The van der Waals surface area contributed by atoms with Gasteiger partial charge in [-0.2, -0.15) is 0 Å². The molecule has 2 unspecified atom stereocenters. The van der Waals surface area contributed by atoms with Gasteiger partial charge < -0.3 is 9.73 Å². The fraction of sp³-hybridized carbons (Fsp3) is 0.800. The molecule has 18 heavy (non-hydrogen) atoms. The van der Waals surface area contributed by atoms with E-state index in [9.17, 15) is 0 Å². The van der Waals surface area contributed by atoms with E-state index in [-0.39, 0.29) is 6.04 Å². The van der Waals surface area contributed by atoms with Crippen LogP contribution in [0.3, 0.4) is 0 Å². The van der Waals surface area contributed by atoms with Crippen LogP contribution in [0.1, 0.15) is 65.7 Å². The second-order valence-electron chi connectivity index (χ2n) is 6.52. The third kappa shape index (κ3) is 5.21. The molecule has 0 fully saturated rings. The average Bonchev–Trinajstić information content (AvgIpc) is 2.63. The summed E-state index contributed by atoms with van der Waals surface area (Å²) in [6.07, 6.45) is 4.05. The molecule has 1 aromatic heterocycles. The number of rotatable bonds is 6. The van der Waals surface area contributed by atoms with Crippen LogP contribution < -0.4 is 5.32 Å². The maximum atomic E-state index is 5.81. The van der Waals surface area contributed by atoms with Crippen LogP contribution in [-0.2, 0) is 6.42 Å². The summed E-state index contributed by atoms with van der Waals surface area (Å²) >= 11 is 0. The molecule has 0 saturated carbocycles. The lowest BCUT2D eigenvalue weighted by Crippen LogP contribution is -2.17. The van der Waals surface area contributed by atoms with Crippen LogP contribution in [0.2, 0.25) is 0 Å². The minimum absolute atomic E-state index is 0.196. The van der Waals surface area contributed by atoms with Crippen molar-refractivity contribution in [2.45, 2.75) is 60.4 Å². The van der Waals surface area contributed by atoms with E-state index in [4.69, 9.17) is 4.42 Å². The van der Waals surface area contributed by atoms with Crippen molar-refractivity contribution in [3.8, 4) is 0 Å². The van der Waals surface area contributed by atoms with E-state index in [2.05, 4.69) is 51.8 Å². The first kappa shape index (κ1) is 15.2. The van der Waals surface area contributed by atoms with Gasteiger partial charge in [-0.1, -0.05) is 34.6 Å². The third-order valence-electron chi connectivity index (χ3n) is 2.96. The Labute approximate surface area is 111 Å². The number of hydrogen-bond donors (Lipinski definition) is 1. The van der Waals surface area contributed by atoms with Gasteiger partial charge in [0.25, 0.3) is 0 Å². The third-order valence-corrected chi connectivity index (χ3v) is 2.96. The number of oxazole rings is 1. The van der Waals surface area contributed by atoms with Crippen LogP contribution >= 0.6 is 0 Å². The minimum Gasteiger partial charge on any atom is -0.444 e. The van der Waals surface area contributed by atoms with Crippen molar-refractivity contribution < 1.29 is 4.42 Å². The second kappa shape index (κ2) is 6.37. The molecule has 0 spiro atoms. The highest BCUT2D eigenvalue weighted by Gasteiger charge is 2.18. The zero-order valence-electron chi connectivity index (χ0n) is 12.7. The largest absolute Gasteiger partial charge is 0.444 e. The molecule has 0 amide bonds. The van der Waals surface area contributed by atoms with E-state index in [0.29, 0.717) is 11.3 Å². The van der Waals surface area contributed by atoms with Crippen molar-refractivity contribution in [2.24, 2.45) is 11.3 Å². The fourth-order valence-corrected chi connectivity index (χ4v) is 2.47. The molecule has 1 rings (SSSR count). The Morgan fingerprint density at radius 3 is 2.56 bits per heavy atom. The van der Waals surface area contributed by atoms with Gasteiger partial charge in [0, 0.05) is 6.42 Å². The zero-order valence-corrected chi connectivity index (χ0v) is 12.7. The van der Waals surface area contributed by atoms with Gasteiger partial charge in [-0.3, -0.25) is 0 Å². The molecule has 3 nitrogen and oxygen atoms in total. The summed E-state index contributed by atoms with van der Waals surface area (Å²) in [5.41, 5.74) is 0.374. The van der Waals surface area contributed by atoms with E-state index in [1.54, 1.807) is 0 Å². The molecular weight excluding hydrogens is 224 g/mol. The van der Waals surface area contributed by atoms with Crippen molar-refractivity contribution >= 4 is 0 Å². The van der Waals surface area contributed by atoms with Gasteiger partial charge in [0.1, 0.15) is 5.76 Å². The summed E-state index contributed by atoms with van der Waals surface area (Å²) in [6.45, 7) is 14.2. The monoisotopic (exact) mass is 252 g/mol. The summed E-state index contributed by atoms with van der Waals surface area (Å²) in [4.78, 5) is 4.36. The van der Waals surface area contributed by atoms with Gasteiger partial charge >= 0.3 is 0 Å². The van der Waals surface area contributed by atoms with E-state index in [1.165, 1.54) is 6.42 Å². The van der Waals surface area contributed by atoms with Gasteiger partial charge in [0.2, 0.25) is 5.89 Å². The molecule has 2 atom stereocenters. The van der Waals surface area contributed by atoms with E-state index >= 15 is 0 Å². The summed E-state index contributed by atoms with van der Waals surface area (Å²) in [6, 6.07) is 0.196. The summed E-state index contributed by atoms with van der Waals surface area (Å²) in [7, 11) is 0. The Morgan fingerprint density at radius 1 is 1.33 bits per heavy atom. The van der Waals surface area contributed by atoms with Gasteiger partial charge in [0.15, 0.2) is 0 Å². The zero-order chi connectivity index (χ0) is 13.8. The quantitative estimate of drug-likeness (QED) is 0.832. The standard InChI is InChI=1S/C15H28N2O/c1-7-16-12(3)14-17-10-13(18-14)8-11(2)9-15(4,5)6/h10-12,16H,7-9H2,1-6H3. The molecule has 0 aromatic carbocycles. The van der Waals surface area contributed by atoms with Gasteiger partial charge in [-0.25, -0.2) is 4.98 Å². The number of nitrogens with zero attached hydrogens (tertiary/aromatic N) is 1. The van der Waals surface area contributed by atoms with Crippen LogP contribution in [-0.4, -0.2) is 11.5 Å². The number of aromatic nitrogens is 1. The smallest absolute Gasteiger partial charge is 0.211 e. The highest BCUT2D eigenvalue weighted by Crippen LogP contribution is 2.26. The van der Waals surface area contributed by atoms with Crippen molar-refractivity contribution in [3.05, 3.63) is 17.8 Å². The van der Waals surface area contributed by atoms with Crippen LogP contribution in [0.4, 0.5) is 0 Å². The fourth-order valence-electron chi connectivity index (χ4n) is 2.47. The van der Waals surface area contributed by atoms with Gasteiger partial charge in [-0.05, 0) is 31.2 Å². The average molecular weight is 252 g/mol. The maximum Gasteiger partial charge on any atom is 0.211 e. The first-order valence-corrected chi connectivity index (χ1v) is 7.00. The molecule has 0 bridgehead atoms. The summed E-state index contributed by atoms with van der Waals surface area (Å²) in [5.74, 6) is 2.43. The lowest BCUT2D eigenvalue weighted by atomic mass is 9.84. The Bertz CT molecular complexity index is 352. The first-order valence-electron chi connectivity index (χ1n) is 7.00. The molecule has 0 radical (unpaired) electrons. The SMILES string of the molecule is CCNC(C)c1ncc(CC(C)CC(C)(C)C)o1. The van der Waals surface area contributed by atoms with Crippen LogP contribution in [0, 0.1) is 11.3 Å². The highest BCUT2D eigenvalue weighted by atomic mass is 16.4. The molecule has 0 saturated heterocycles. The second-order valence-corrected chi connectivity index (χ2v) is 6.52. The van der Waals surface area contributed by atoms with Crippen LogP contribution in [0.25, 0.3) is 0 Å². The Morgan fingerprint density at radius 2 is 2.00 bits per heavy atom. The van der Waals surface area contributed by atoms with Crippen molar-refractivity contribution in [1.29, 1.82) is 0 Å². The lowest BCUT2D eigenvalue weighted by Gasteiger charge is -2.22. The lowest BCUT2D eigenvalue weighted by molar-refractivity contribution is 0.292. The highest BCUT2D eigenvalue weighted by molar-refractivity contribution is 4.98. The summed E-state index contributed by atoms with van der Waals surface area (Å²) in [5, 5.41) is 3.31. The van der Waals surface area contributed by atoms with Crippen LogP contribution in [0.15, 0.2) is 10.6 Å². The Kier molecular flexibility index (Phi) is 5.39. The molecular formula is C15H28N2O. The van der Waals surface area contributed by atoms with E-state index in [1.807, 2.05) is 6.20 Å². The number of hydrogen-bond acceptors (Lipinski definition) is 3. The molecule has 104 valence electrons. The van der Waals surface area contributed by atoms with Crippen molar-refractivity contribution in [3.63, 3.8) is 0 Å². The predicted molar refractivity (Wildman–Crippen MR) is 75.5 cm³/mol. The maximum absolute atomic E-state index is 5.81. The molecule has 0 aliphatic heterocycles. The minimum atomic E-state index is 0.196. The van der Waals surface area contributed by atoms with E-state index in [0.717, 1.165) is 24.6 Å². The normalized spacial score (nSPS) is 15.7. The molecule has 1 N–H and O–H groups in total. The van der Waals surface area contributed by atoms with Crippen LogP contribution in [0.5, 0.6) is 0 Å². The first-order chi connectivity index (χ1) is 8.31. The molecule has 1 heterocycles. The molecule has 3 heteroatoms. The van der Waals surface area contributed by atoms with Gasteiger partial charge in [-0.15, -0.1) is 0 Å². The van der Waals surface area contributed by atoms with Crippen molar-refractivity contribution in [1.82, 2.24) is 10.3 Å². The molecule has 1 aromatic rings. The summed E-state index contributed by atoms with van der Waals surface area (Å²) < 4.78 is 5.81. The van der Waals surface area contributed by atoms with E-state index < -0.39 is 0 Å². The van der Waals surface area contributed by atoms with Gasteiger partial charge in [0.05, 0.1) is 12.2 Å².